The van der Waals surface area contributed by atoms with Crippen LogP contribution in [0.15, 0.2) is 12.1 Å². The first-order chi connectivity index (χ1) is 10.4. The molecule has 2 N–H and O–H groups in total. The standard InChI is InChI=1S/C17H27NO4S.ClH/c1-10(2)13-7-14(11(3)4)16(15(8-13)12(5)6)9-17(19)18-23(20,21)22;/h7-8,10-12H,9H2,1-6H3,(H,18,19)(H,20,21,22);1H. The van der Waals surface area contributed by atoms with Crippen LogP contribution in [0.2, 0.25) is 0 Å². The number of carbonyl (C=O) groups excluding carboxylic acids is 1. The first-order valence-electron chi connectivity index (χ1n) is 7.87. The van der Waals surface area contributed by atoms with E-state index in [1.54, 1.807) is 4.72 Å². The SMILES string of the molecule is CC(C)c1cc(C(C)C)c(CC(=O)NS(=O)(=O)O)c(C(C)C)c1.Cl. The van der Waals surface area contributed by atoms with Crippen LogP contribution in [0.3, 0.4) is 0 Å². The fourth-order valence-electron chi connectivity index (χ4n) is 2.65. The number of hydrogen-bond donors (Lipinski definition) is 2. The third-order valence-corrected chi connectivity index (χ3v) is 4.32. The Kier molecular flexibility index (Phi) is 8.42. The highest BCUT2D eigenvalue weighted by Crippen LogP contribution is 2.32. The number of hydrogen-bond acceptors (Lipinski definition) is 3. The van der Waals surface area contributed by atoms with Crippen LogP contribution in [-0.4, -0.2) is 18.9 Å². The van der Waals surface area contributed by atoms with Gasteiger partial charge in [-0.05, 0) is 40.0 Å². The molecule has 0 unspecified atom stereocenters. The molecule has 0 radical (unpaired) electrons. The molecule has 0 saturated heterocycles. The van der Waals surface area contributed by atoms with Crippen molar-refractivity contribution in [2.45, 2.75) is 65.7 Å². The second kappa shape index (κ2) is 8.83. The first-order valence-corrected chi connectivity index (χ1v) is 9.31. The van der Waals surface area contributed by atoms with Gasteiger partial charge in [-0.25, -0.2) is 4.72 Å². The number of nitrogens with one attached hydrogen (secondary N) is 1. The smallest absolute Gasteiger partial charge is 0.274 e. The zero-order valence-corrected chi connectivity index (χ0v) is 16.7. The summed E-state index contributed by atoms with van der Waals surface area (Å²) in [6, 6.07) is 4.19. The van der Waals surface area contributed by atoms with Crippen molar-refractivity contribution in [1.82, 2.24) is 4.72 Å². The molecule has 7 heteroatoms. The predicted octanol–water partition coefficient (Wildman–Crippen LogP) is 3.94. The maximum atomic E-state index is 11.9. The molecule has 1 rings (SSSR count). The minimum Gasteiger partial charge on any atom is -0.274 e. The van der Waals surface area contributed by atoms with E-state index in [4.69, 9.17) is 4.55 Å². The molecular formula is C17H28ClNO4S. The van der Waals surface area contributed by atoms with Gasteiger partial charge in [-0.1, -0.05) is 53.7 Å². The number of benzene rings is 1. The zero-order chi connectivity index (χ0) is 17.9. The van der Waals surface area contributed by atoms with E-state index in [0.29, 0.717) is 5.92 Å². The van der Waals surface area contributed by atoms with Crippen molar-refractivity contribution in [3.05, 3.63) is 34.4 Å². The van der Waals surface area contributed by atoms with E-state index in [1.165, 1.54) is 5.56 Å². The van der Waals surface area contributed by atoms with E-state index in [-0.39, 0.29) is 30.7 Å². The van der Waals surface area contributed by atoms with Gasteiger partial charge in [-0.15, -0.1) is 12.4 Å². The number of halogens is 1. The van der Waals surface area contributed by atoms with Crippen molar-refractivity contribution < 1.29 is 17.8 Å². The Labute approximate surface area is 151 Å². The maximum absolute atomic E-state index is 11.9. The molecule has 1 aromatic carbocycles. The number of amides is 1. The van der Waals surface area contributed by atoms with Gasteiger partial charge >= 0.3 is 10.3 Å². The van der Waals surface area contributed by atoms with Crippen LogP contribution in [0.5, 0.6) is 0 Å². The van der Waals surface area contributed by atoms with Crippen molar-refractivity contribution in [2.75, 3.05) is 0 Å². The van der Waals surface area contributed by atoms with Crippen molar-refractivity contribution in [3.63, 3.8) is 0 Å². The Morgan fingerprint density at radius 3 is 1.71 bits per heavy atom. The summed E-state index contributed by atoms with van der Waals surface area (Å²) in [4.78, 5) is 11.9. The Bertz CT molecular complexity index is 653. The topological polar surface area (TPSA) is 83.5 Å². The first kappa shape index (κ1) is 22.9. The monoisotopic (exact) mass is 377 g/mol. The Hall–Kier alpha value is -1.11. The van der Waals surface area contributed by atoms with E-state index < -0.39 is 16.2 Å². The summed E-state index contributed by atoms with van der Waals surface area (Å²) in [6.07, 6.45) is -0.0702. The molecule has 1 amide bonds. The minimum absolute atomic E-state index is 0. The van der Waals surface area contributed by atoms with Gasteiger partial charge in [-0.2, -0.15) is 8.42 Å². The molecule has 0 saturated carbocycles. The van der Waals surface area contributed by atoms with Crippen molar-refractivity contribution in [1.29, 1.82) is 0 Å². The Balaban J connectivity index is 0.00000529. The zero-order valence-electron chi connectivity index (χ0n) is 15.1. The molecule has 5 nitrogen and oxygen atoms in total. The van der Waals surface area contributed by atoms with Crippen LogP contribution in [0, 0.1) is 0 Å². The Morgan fingerprint density at radius 1 is 1.00 bits per heavy atom. The van der Waals surface area contributed by atoms with E-state index in [0.717, 1.165) is 16.7 Å². The minimum atomic E-state index is -4.53. The van der Waals surface area contributed by atoms with Gasteiger partial charge in [-0.3, -0.25) is 9.35 Å². The summed E-state index contributed by atoms with van der Waals surface area (Å²) in [5.41, 5.74) is 4.15. The average molecular weight is 378 g/mol. The number of carbonyl (C=O) groups is 1. The highest BCUT2D eigenvalue weighted by molar-refractivity contribution is 7.84. The Morgan fingerprint density at radius 2 is 1.42 bits per heavy atom. The van der Waals surface area contributed by atoms with Gasteiger partial charge in [0.2, 0.25) is 5.91 Å². The molecular weight excluding hydrogens is 350 g/mol. The van der Waals surface area contributed by atoms with E-state index in [9.17, 15) is 13.2 Å². The summed E-state index contributed by atoms with van der Waals surface area (Å²) in [5, 5.41) is 0. The lowest BCUT2D eigenvalue weighted by Crippen LogP contribution is -2.31. The lowest BCUT2D eigenvalue weighted by molar-refractivity contribution is -0.118. The fraction of sp³-hybridized carbons (Fsp3) is 0.588. The summed E-state index contributed by atoms with van der Waals surface area (Å²) in [7, 11) is -4.53. The average Bonchev–Trinajstić information content (AvgIpc) is 2.35. The third kappa shape index (κ3) is 6.42. The number of rotatable bonds is 6. The van der Waals surface area contributed by atoms with Gasteiger partial charge in [0.1, 0.15) is 0 Å². The van der Waals surface area contributed by atoms with Crippen LogP contribution in [0.1, 0.15) is 81.5 Å². The van der Waals surface area contributed by atoms with Gasteiger partial charge in [0, 0.05) is 0 Å². The van der Waals surface area contributed by atoms with Crippen molar-refractivity contribution in [2.24, 2.45) is 0 Å². The highest BCUT2D eigenvalue weighted by atomic mass is 35.5. The summed E-state index contributed by atoms with van der Waals surface area (Å²) >= 11 is 0. The molecule has 0 heterocycles. The molecule has 0 aliphatic heterocycles. The van der Waals surface area contributed by atoms with Gasteiger partial charge < -0.3 is 0 Å². The van der Waals surface area contributed by atoms with Crippen molar-refractivity contribution in [3.8, 4) is 0 Å². The molecule has 0 fully saturated rings. The predicted molar refractivity (Wildman–Crippen MR) is 99.4 cm³/mol. The second-order valence-electron chi connectivity index (χ2n) is 6.82. The molecule has 1 aromatic rings. The van der Waals surface area contributed by atoms with Gasteiger partial charge in [0.15, 0.2) is 0 Å². The molecule has 138 valence electrons. The quantitative estimate of drug-likeness (QED) is 0.735. The molecule has 0 aliphatic carbocycles. The largest absolute Gasteiger partial charge is 0.359 e. The highest BCUT2D eigenvalue weighted by Gasteiger charge is 2.20. The third-order valence-electron chi connectivity index (χ3n) is 3.83. The molecule has 0 aliphatic rings. The second-order valence-corrected chi connectivity index (χ2v) is 7.97. The van der Waals surface area contributed by atoms with Gasteiger partial charge in [0.25, 0.3) is 0 Å². The normalized spacial score (nSPS) is 11.8. The summed E-state index contributed by atoms with van der Waals surface area (Å²) in [6.45, 7) is 12.4. The molecule has 0 bridgehead atoms. The van der Waals surface area contributed by atoms with Crippen molar-refractivity contribution >= 4 is 28.6 Å². The molecule has 0 aromatic heterocycles. The van der Waals surface area contributed by atoms with E-state index in [1.807, 2.05) is 27.7 Å². The molecule has 24 heavy (non-hydrogen) atoms. The lowest BCUT2D eigenvalue weighted by atomic mass is 9.83. The molecule has 0 spiro atoms. The van der Waals surface area contributed by atoms with Crippen LogP contribution in [-0.2, 0) is 21.5 Å². The van der Waals surface area contributed by atoms with Crippen LogP contribution < -0.4 is 4.72 Å². The maximum Gasteiger partial charge on any atom is 0.359 e. The molecule has 0 atom stereocenters. The van der Waals surface area contributed by atoms with E-state index >= 15 is 0 Å². The fourth-order valence-corrected chi connectivity index (χ4v) is 3.01. The lowest BCUT2D eigenvalue weighted by Gasteiger charge is -2.22. The summed E-state index contributed by atoms with van der Waals surface area (Å²) in [5.74, 6) is 0.0544. The van der Waals surface area contributed by atoms with Crippen LogP contribution >= 0.6 is 12.4 Å². The van der Waals surface area contributed by atoms with Gasteiger partial charge in [0.05, 0.1) is 6.42 Å². The van der Waals surface area contributed by atoms with Crippen LogP contribution in [0.4, 0.5) is 0 Å². The summed E-state index contributed by atoms with van der Waals surface area (Å²) < 4.78 is 32.1. The van der Waals surface area contributed by atoms with E-state index in [2.05, 4.69) is 26.0 Å². The van der Waals surface area contributed by atoms with Crippen LogP contribution in [0.25, 0.3) is 0 Å².